The average Bonchev–Trinajstić information content (AvgIpc) is 2.31. The number of rotatable bonds is 7. The third-order valence-electron chi connectivity index (χ3n) is 3.42. The monoisotopic (exact) mass is 329 g/mol. The van der Waals surface area contributed by atoms with Gasteiger partial charge in [-0.3, -0.25) is 0 Å². The highest BCUT2D eigenvalue weighted by Crippen LogP contribution is 2.31. The number of benzene rings is 1. The normalized spacial score (nSPS) is 14.7. The molecule has 1 N–H and O–H groups in total. The second kappa shape index (κ2) is 7.39. The van der Waals surface area contributed by atoms with Crippen molar-refractivity contribution >= 4 is 15.9 Å². The van der Waals surface area contributed by atoms with Crippen LogP contribution >= 0.6 is 15.9 Å². The van der Waals surface area contributed by atoms with Crippen molar-refractivity contribution in [2.75, 3.05) is 6.54 Å². The van der Waals surface area contributed by atoms with Gasteiger partial charge in [0.2, 0.25) is 0 Å². The van der Waals surface area contributed by atoms with Gasteiger partial charge >= 0.3 is 0 Å². The van der Waals surface area contributed by atoms with E-state index in [1.165, 1.54) is 5.56 Å². The number of hydrogen-bond acceptors (Lipinski definition) is 1. The van der Waals surface area contributed by atoms with Crippen molar-refractivity contribution in [2.24, 2.45) is 5.41 Å². The molecule has 0 aliphatic rings. The van der Waals surface area contributed by atoms with E-state index in [1.54, 1.807) is 12.1 Å². The van der Waals surface area contributed by atoms with Gasteiger partial charge in [-0.15, -0.1) is 0 Å². The topological polar surface area (TPSA) is 12.0 Å². The Morgan fingerprint density at radius 1 is 1.37 bits per heavy atom. The highest BCUT2D eigenvalue weighted by molar-refractivity contribution is 9.10. The van der Waals surface area contributed by atoms with Crippen molar-refractivity contribution in [2.45, 2.75) is 53.0 Å². The van der Waals surface area contributed by atoms with Crippen LogP contribution in [-0.4, -0.2) is 12.6 Å². The maximum absolute atomic E-state index is 13.1. The second-order valence-electron chi connectivity index (χ2n) is 6.01. The zero-order valence-electron chi connectivity index (χ0n) is 12.4. The molecule has 0 fully saturated rings. The van der Waals surface area contributed by atoms with E-state index in [2.05, 4.69) is 48.9 Å². The molecular weight excluding hydrogens is 305 g/mol. The molecule has 0 spiro atoms. The van der Waals surface area contributed by atoms with E-state index in [0.29, 0.717) is 6.04 Å². The average molecular weight is 330 g/mol. The lowest BCUT2D eigenvalue weighted by Gasteiger charge is -2.31. The fraction of sp³-hybridized carbons (Fsp3) is 0.625. The fourth-order valence-electron chi connectivity index (χ4n) is 2.42. The van der Waals surface area contributed by atoms with Crippen LogP contribution in [0.2, 0.25) is 0 Å². The zero-order valence-corrected chi connectivity index (χ0v) is 14.0. The molecule has 1 rings (SSSR count). The van der Waals surface area contributed by atoms with Gasteiger partial charge in [0.15, 0.2) is 0 Å². The molecule has 0 heterocycles. The van der Waals surface area contributed by atoms with Crippen LogP contribution in [0.1, 0.15) is 46.1 Å². The molecule has 0 aliphatic carbocycles. The van der Waals surface area contributed by atoms with E-state index in [4.69, 9.17) is 0 Å². The van der Waals surface area contributed by atoms with Crippen molar-refractivity contribution in [3.05, 3.63) is 34.1 Å². The van der Waals surface area contributed by atoms with Crippen LogP contribution in [0.3, 0.4) is 0 Å². The molecule has 0 amide bonds. The van der Waals surface area contributed by atoms with Crippen LogP contribution < -0.4 is 5.32 Å². The lowest BCUT2D eigenvalue weighted by molar-refractivity contribution is 0.266. The quantitative estimate of drug-likeness (QED) is 0.747. The van der Waals surface area contributed by atoms with Gasteiger partial charge < -0.3 is 5.32 Å². The minimum atomic E-state index is -0.187. The van der Waals surface area contributed by atoms with E-state index < -0.39 is 0 Å². The predicted molar refractivity (Wildman–Crippen MR) is 84.0 cm³/mol. The Kier molecular flexibility index (Phi) is 6.48. The van der Waals surface area contributed by atoms with Crippen LogP contribution in [0.25, 0.3) is 0 Å². The maximum atomic E-state index is 13.1. The largest absolute Gasteiger partial charge is 0.314 e. The molecule has 1 aromatic rings. The Labute approximate surface area is 125 Å². The highest BCUT2D eigenvalue weighted by Gasteiger charge is 2.24. The Bertz CT molecular complexity index is 406. The molecule has 0 saturated carbocycles. The summed E-state index contributed by atoms with van der Waals surface area (Å²) in [7, 11) is 0. The zero-order chi connectivity index (χ0) is 14.5. The van der Waals surface area contributed by atoms with E-state index in [1.807, 2.05) is 6.07 Å². The van der Waals surface area contributed by atoms with Gasteiger partial charge in [0, 0.05) is 17.1 Å². The summed E-state index contributed by atoms with van der Waals surface area (Å²) in [5.74, 6) is -0.187. The van der Waals surface area contributed by atoms with Gasteiger partial charge in [-0.2, -0.15) is 0 Å². The molecule has 1 nitrogen and oxygen atoms in total. The van der Waals surface area contributed by atoms with Crippen molar-refractivity contribution in [1.82, 2.24) is 5.32 Å². The Morgan fingerprint density at radius 3 is 2.58 bits per heavy atom. The van der Waals surface area contributed by atoms with Crippen molar-refractivity contribution in [3.63, 3.8) is 0 Å². The van der Waals surface area contributed by atoms with Crippen molar-refractivity contribution in [1.29, 1.82) is 0 Å². The molecule has 0 aromatic heterocycles. The first-order valence-corrected chi connectivity index (χ1v) is 7.83. The molecule has 1 aromatic carbocycles. The highest BCUT2D eigenvalue weighted by atomic mass is 79.9. The molecule has 1 atom stereocenters. The summed E-state index contributed by atoms with van der Waals surface area (Å²) in [6, 6.07) is 5.48. The fourth-order valence-corrected chi connectivity index (χ4v) is 2.91. The predicted octanol–water partition coefficient (Wildman–Crippen LogP) is 4.94. The molecule has 1 unspecified atom stereocenters. The molecule has 19 heavy (non-hydrogen) atoms. The molecule has 0 bridgehead atoms. The van der Waals surface area contributed by atoms with Crippen LogP contribution in [-0.2, 0) is 6.42 Å². The Balaban J connectivity index is 2.81. The molecule has 3 heteroatoms. The summed E-state index contributed by atoms with van der Waals surface area (Å²) in [5.41, 5.74) is 1.39. The van der Waals surface area contributed by atoms with Crippen LogP contribution in [0.4, 0.5) is 4.39 Å². The maximum Gasteiger partial charge on any atom is 0.124 e. The number of hydrogen-bond donors (Lipinski definition) is 1. The third kappa shape index (κ3) is 5.62. The summed E-state index contributed by atoms with van der Waals surface area (Å²) >= 11 is 3.47. The molecule has 108 valence electrons. The third-order valence-corrected chi connectivity index (χ3v) is 4.16. The van der Waals surface area contributed by atoms with Crippen LogP contribution in [0.15, 0.2) is 22.7 Å². The van der Waals surface area contributed by atoms with Gasteiger partial charge in [0.25, 0.3) is 0 Å². The summed E-state index contributed by atoms with van der Waals surface area (Å²) in [6.07, 6.45) is 3.28. The minimum absolute atomic E-state index is 0.187. The summed E-state index contributed by atoms with van der Waals surface area (Å²) in [6.45, 7) is 9.84. The smallest absolute Gasteiger partial charge is 0.124 e. The van der Waals surface area contributed by atoms with Crippen molar-refractivity contribution < 1.29 is 4.39 Å². The lowest BCUT2D eigenvalue weighted by atomic mass is 9.79. The van der Waals surface area contributed by atoms with Gasteiger partial charge in [-0.05, 0) is 36.0 Å². The lowest BCUT2D eigenvalue weighted by Crippen LogP contribution is -2.37. The minimum Gasteiger partial charge on any atom is -0.314 e. The number of nitrogens with one attached hydrogen (secondary N) is 1. The van der Waals surface area contributed by atoms with E-state index in [0.717, 1.165) is 30.3 Å². The Hall–Kier alpha value is -0.410. The van der Waals surface area contributed by atoms with E-state index >= 15 is 0 Å². The summed E-state index contributed by atoms with van der Waals surface area (Å²) in [5, 5.41) is 3.53. The second-order valence-corrected chi connectivity index (χ2v) is 6.86. The Morgan fingerprint density at radius 2 is 2.05 bits per heavy atom. The SMILES string of the molecule is CCCC(C)(CNC(C)C)Cc1ccc(F)cc1Br. The first-order valence-electron chi connectivity index (χ1n) is 7.03. The van der Waals surface area contributed by atoms with Gasteiger partial charge in [-0.1, -0.05) is 56.1 Å². The molecule has 0 radical (unpaired) electrons. The van der Waals surface area contributed by atoms with Crippen molar-refractivity contribution in [3.8, 4) is 0 Å². The van der Waals surface area contributed by atoms with Gasteiger partial charge in [0.1, 0.15) is 5.82 Å². The van der Waals surface area contributed by atoms with E-state index in [-0.39, 0.29) is 11.2 Å². The number of halogens is 2. The molecule has 0 saturated heterocycles. The van der Waals surface area contributed by atoms with Crippen LogP contribution in [0, 0.1) is 11.2 Å². The summed E-state index contributed by atoms with van der Waals surface area (Å²) < 4.78 is 14.0. The van der Waals surface area contributed by atoms with Gasteiger partial charge in [-0.25, -0.2) is 4.39 Å². The summed E-state index contributed by atoms with van der Waals surface area (Å²) in [4.78, 5) is 0. The molecule has 0 aliphatic heterocycles. The van der Waals surface area contributed by atoms with Gasteiger partial charge in [0.05, 0.1) is 0 Å². The van der Waals surface area contributed by atoms with E-state index in [9.17, 15) is 4.39 Å². The standard InChI is InChI=1S/C16H25BrFN/c1-5-8-16(4,11-19-12(2)3)10-13-6-7-14(18)9-15(13)17/h6-7,9,12,19H,5,8,10-11H2,1-4H3. The molecular formula is C16H25BrFN. The first-order chi connectivity index (χ1) is 8.86. The van der Waals surface area contributed by atoms with Crippen LogP contribution in [0.5, 0.6) is 0 Å². The first kappa shape index (κ1) is 16.6.